The van der Waals surface area contributed by atoms with Crippen molar-refractivity contribution in [3.63, 3.8) is 0 Å². The molecular formula is C7H15N2O. The van der Waals surface area contributed by atoms with Gasteiger partial charge in [-0.15, -0.1) is 0 Å². The Hall–Kier alpha value is -0.730. The third-order valence-corrected chi connectivity index (χ3v) is 1.86. The Morgan fingerprint density at radius 1 is 1.60 bits per heavy atom. The average Bonchev–Trinajstić information content (AvgIpc) is 1.85. The van der Waals surface area contributed by atoms with Crippen LogP contribution >= 0.6 is 0 Å². The number of amides is 2. The van der Waals surface area contributed by atoms with Crippen molar-refractivity contribution in [2.75, 3.05) is 0 Å². The lowest BCUT2D eigenvalue weighted by atomic mass is 10.0. The Balaban J connectivity index is 3.61. The Morgan fingerprint density at radius 2 is 2.10 bits per heavy atom. The van der Waals surface area contributed by atoms with Crippen LogP contribution in [0.3, 0.4) is 0 Å². The largest absolute Gasteiger partial charge is 0.334 e. The lowest BCUT2D eigenvalue weighted by molar-refractivity contribution is 0.240. The number of hydrogen-bond acceptors (Lipinski definition) is 1. The number of rotatable bonds is 3. The third-order valence-electron chi connectivity index (χ3n) is 1.86. The topological polar surface area (TPSA) is 52.9 Å². The fraction of sp³-hybridized carbons (Fsp3) is 0.857. The lowest BCUT2D eigenvalue weighted by Gasteiger charge is -2.17. The second kappa shape index (κ2) is 4.14. The molecule has 3 heteroatoms. The van der Waals surface area contributed by atoms with Crippen LogP contribution in [0.1, 0.15) is 27.2 Å². The molecule has 0 bridgehead atoms. The van der Waals surface area contributed by atoms with Gasteiger partial charge in [-0.1, -0.05) is 20.3 Å². The van der Waals surface area contributed by atoms with E-state index in [0.29, 0.717) is 5.92 Å². The van der Waals surface area contributed by atoms with E-state index in [0.717, 1.165) is 6.42 Å². The number of urea groups is 1. The van der Waals surface area contributed by atoms with Gasteiger partial charge in [0.05, 0.1) is 0 Å². The first kappa shape index (κ1) is 9.27. The molecule has 0 aromatic carbocycles. The molecule has 1 radical (unpaired) electrons. The van der Waals surface area contributed by atoms with Gasteiger partial charge in [0.25, 0.3) is 0 Å². The minimum absolute atomic E-state index is 0.120. The van der Waals surface area contributed by atoms with Crippen molar-refractivity contribution in [2.45, 2.75) is 33.2 Å². The smallest absolute Gasteiger partial charge is 0.333 e. The van der Waals surface area contributed by atoms with Gasteiger partial charge in [-0.2, -0.15) is 0 Å². The Bertz CT molecular complexity index is 114. The molecule has 2 amide bonds. The summed E-state index contributed by atoms with van der Waals surface area (Å²) >= 11 is 0. The van der Waals surface area contributed by atoms with Crippen LogP contribution in [0, 0.1) is 5.92 Å². The molecule has 0 aromatic rings. The zero-order valence-electron chi connectivity index (χ0n) is 6.77. The van der Waals surface area contributed by atoms with E-state index >= 15 is 0 Å². The molecule has 0 aliphatic carbocycles. The highest BCUT2D eigenvalue weighted by Crippen LogP contribution is 2.05. The van der Waals surface area contributed by atoms with E-state index < -0.39 is 6.03 Å². The summed E-state index contributed by atoms with van der Waals surface area (Å²) in [6, 6.07) is -0.567. The fourth-order valence-electron chi connectivity index (χ4n) is 0.703. The highest BCUT2D eigenvalue weighted by atomic mass is 16.2. The van der Waals surface area contributed by atoms with Crippen molar-refractivity contribution in [1.29, 1.82) is 0 Å². The zero-order chi connectivity index (χ0) is 8.15. The molecule has 2 unspecified atom stereocenters. The number of carbonyl (C=O) groups is 1. The first-order valence-corrected chi connectivity index (χ1v) is 3.60. The molecule has 0 fully saturated rings. The van der Waals surface area contributed by atoms with Crippen LogP contribution in [0.2, 0.25) is 0 Å². The van der Waals surface area contributed by atoms with Gasteiger partial charge >= 0.3 is 6.03 Å². The molecule has 0 aliphatic rings. The summed E-state index contributed by atoms with van der Waals surface area (Å²) < 4.78 is 0. The van der Waals surface area contributed by atoms with Crippen LogP contribution in [-0.4, -0.2) is 12.1 Å². The molecule has 0 heterocycles. The van der Waals surface area contributed by atoms with E-state index in [1.807, 2.05) is 6.92 Å². The van der Waals surface area contributed by atoms with Gasteiger partial charge in [0.2, 0.25) is 0 Å². The minimum atomic E-state index is -0.687. The predicted octanol–water partition coefficient (Wildman–Crippen LogP) is 1.41. The van der Waals surface area contributed by atoms with Crippen LogP contribution in [0.25, 0.3) is 0 Å². The molecule has 0 aromatic heterocycles. The third kappa shape index (κ3) is 3.33. The van der Waals surface area contributed by atoms with E-state index in [1.165, 1.54) is 0 Å². The Morgan fingerprint density at radius 3 is 2.40 bits per heavy atom. The minimum Gasteiger partial charge on any atom is -0.334 e. The van der Waals surface area contributed by atoms with Gasteiger partial charge in [-0.05, 0) is 12.8 Å². The molecule has 2 atom stereocenters. The van der Waals surface area contributed by atoms with Crippen molar-refractivity contribution in [2.24, 2.45) is 5.92 Å². The first-order valence-electron chi connectivity index (χ1n) is 3.60. The van der Waals surface area contributed by atoms with Crippen molar-refractivity contribution in [1.82, 2.24) is 11.1 Å². The molecule has 3 nitrogen and oxygen atoms in total. The molecule has 0 spiro atoms. The molecule has 0 aliphatic heterocycles. The van der Waals surface area contributed by atoms with Gasteiger partial charge in [0, 0.05) is 6.04 Å². The molecule has 0 saturated carbocycles. The monoisotopic (exact) mass is 143 g/mol. The second-order valence-electron chi connectivity index (χ2n) is 2.65. The molecule has 10 heavy (non-hydrogen) atoms. The summed E-state index contributed by atoms with van der Waals surface area (Å²) in [6.07, 6.45) is 1.03. The van der Waals surface area contributed by atoms with Crippen molar-refractivity contribution < 1.29 is 4.79 Å². The summed E-state index contributed by atoms with van der Waals surface area (Å²) in [7, 11) is 0. The average molecular weight is 143 g/mol. The molecule has 0 rings (SSSR count). The van der Waals surface area contributed by atoms with E-state index in [9.17, 15) is 4.79 Å². The van der Waals surface area contributed by atoms with Crippen LogP contribution in [-0.2, 0) is 0 Å². The fourth-order valence-corrected chi connectivity index (χ4v) is 0.703. The molecule has 59 valence electrons. The zero-order valence-corrected chi connectivity index (χ0v) is 6.77. The van der Waals surface area contributed by atoms with Crippen LogP contribution in [0.4, 0.5) is 4.79 Å². The maximum absolute atomic E-state index is 10.2. The Kier molecular flexibility index (Phi) is 3.84. The van der Waals surface area contributed by atoms with E-state index in [4.69, 9.17) is 5.73 Å². The SMILES string of the molecule is CCC(C)C(C)NC([NH])=O. The van der Waals surface area contributed by atoms with Crippen molar-refractivity contribution in [3.05, 3.63) is 0 Å². The predicted molar refractivity (Wildman–Crippen MR) is 40.5 cm³/mol. The van der Waals surface area contributed by atoms with Gasteiger partial charge in [-0.25, -0.2) is 10.5 Å². The number of carbonyl (C=O) groups excluding carboxylic acids is 1. The lowest BCUT2D eigenvalue weighted by Crippen LogP contribution is -2.36. The summed E-state index contributed by atoms with van der Waals surface area (Å²) in [5.74, 6) is 0.453. The summed E-state index contributed by atoms with van der Waals surface area (Å²) in [5.41, 5.74) is 6.63. The van der Waals surface area contributed by atoms with E-state index in [-0.39, 0.29) is 6.04 Å². The summed E-state index contributed by atoms with van der Waals surface area (Å²) in [4.78, 5) is 10.2. The Labute approximate surface area is 62.0 Å². The van der Waals surface area contributed by atoms with Gasteiger partial charge in [0.1, 0.15) is 0 Å². The first-order chi connectivity index (χ1) is 4.57. The quantitative estimate of drug-likeness (QED) is 0.638. The molecule has 0 saturated heterocycles. The highest BCUT2D eigenvalue weighted by Gasteiger charge is 2.10. The molecule has 2 N–H and O–H groups in total. The van der Waals surface area contributed by atoms with Gasteiger partial charge in [-0.3, -0.25) is 0 Å². The standard InChI is InChI=1S/C7H15N2O/c1-4-5(2)6(3)9-7(8)10/h5-6,8H,4H2,1-3H3,(H,9,10). The van der Waals surface area contributed by atoms with Crippen molar-refractivity contribution >= 4 is 6.03 Å². The number of hydrogen-bond donors (Lipinski definition) is 1. The van der Waals surface area contributed by atoms with Crippen LogP contribution in [0.5, 0.6) is 0 Å². The van der Waals surface area contributed by atoms with Gasteiger partial charge in [0.15, 0.2) is 0 Å². The maximum atomic E-state index is 10.2. The normalized spacial score (nSPS) is 15.9. The van der Waals surface area contributed by atoms with Gasteiger partial charge < -0.3 is 5.32 Å². The summed E-state index contributed by atoms with van der Waals surface area (Å²) in [5, 5.41) is 2.52. The van der Waals surface area contributed by atoms with E-state index in [1.54, 1.807) is 0 Å². The highest BCUT2D eigenvalue weighted by molar-refractivity contribution is 5.71. The van der Waals surface area contributed by atoms with E-state index in [2.05, 4.69) is 19.2 Å². The van der Waals surface area contributed by atoms with Crippen LogP contribution < -0.4 is 11.1 Å². The second-order valence-corrected chi connectivity index (χ2v) is 2.65. The maximum Gasteiger partial charge on any atom is 0.333 e. The summed E-state index contributed by atoms with van der Waals surface area (Å²) in [6.45, 7) is 6.04. The molecular weight excluding hydrogens is 128 g/mol. The van der Waals surface area contributed by atoms with Crippen LogP contribution in [0.15, 0.2) is 0 Å². The van der Waals surface area contributed by atoms with Crippen molar-refractivity contribution in [3.8, 4) is 0 Å². The number of nitrogens with one attached hydrogen (secondary N) is 2.